The number of amides is 2. The van der Waals surface area contributed by atoms with Gasteiger partial charge in [-0.3, -0.25) is 9.59 Å². The second-order valence-electron chi connectivity index (χ2n) is 8.27. The molecule has 6 nitrogen and oxygen atoms in total. The van der Waals surface area contributed by atoms with Crippen molar-refractivity contribution >= 4 is 41.3 Å². The summed E-state index contributed by atoms with van der Waals surface area (Å²) in [6.45, 7) is 1.32. The summed E-state index contributed by atoms with van der Waals surface area (Å²) in [5.74, 6) is -0.00419. The molecular weight excluding hydrogens is 448 g/mol. The lowest BCUT2D eigenvalue weighted by molar-refractivity contribution is -0.119. The number of nitrogens with zero attached hydrogens (tertiary/aromatic N) is 1. The Bertz CT molecular complexity index is 1090. The third-order valence-electron chi connectivity index (χ3n) is 5.84. The average molecular weight is 479 g/mol. The molecule has 1 aliphatic heterocycles. The molecule has 2 amide bonds. The molecular formula is C27H31ClN4O2. The van der Waals surface area contributed by atoms with Crippen LogP contribution in [-0.2, 0) is 16.0 Å². The maximum atomic E-state index is 13.3. The van der Waals surface area contributed by atoms with Crippen LogP contribution >= 0.6 is 12.4 Å². The van der Waals surface area contributed by atoms with E-state index in [1.165, 1.54) is 0 Å². The van der Waals surface area contributed by atoms with E-state index in [0.29, 0.717) is 18.7 Å². The maximum Gasteiger partial charge on any atom is 0.251 e. The first kappa shape index (κ1) is 25.3. The van der Waals surface area contributed by atoms with Gasteiger partial charge in [-0.05, 0) is 73.3 Å². The van der Waals surface area contributed by atoms with Crippen LogP contribution in [0.4, 0.5) is 17.1 Å². The van der Waals surface area contributed by atoms with Crippen LogP contribution in [-0.4, -0.2) is 24.9 Å². The van der Waals surface area contributed by atoms with E-state index in [4.69, 9.17) is 5.73 Å². The van der Waals surface area contributed by atoms with Crippen molar-refractivity contribution in [3.8, 4) is 0 Å². The minimum atomic E-state index is -0.567. The Labute approximate surface area is 206 Å². The topological polar surface area (TPSA) is 87.5 Å². The van der Waals surface area contributed by atoms with Crippen LogP contribution in [0.1, 0.15) is 36.4 Å². The minimum Gasteiger partial charge on any atom is -0.370 e. The fraction of sp³-hybridized carbons (Fsp3) is 0.259. The molecule has 1 unspecified atom stereocenters. The molecule has 0 bridgehead atoms. The number of halogens is 1. The maximum absolute atomic E-state index is 13.3. The highest BCUT2D eigenvalue weighted by Crippen LogP contribution is 2.25. The lowest BCUT2D eigenvalue weighted by atomic mass is 10.0. The molecule has 7 heteroatoms. The number of benzene rings is 3. The SMILES string of the molecule is Cl.NCCc1cccc(NC(C(=O)Nc2ccc(N3CCCCC3=O)cc2)c2ccccc2)c1. The largest absolute Gasteiger partial charge is 0.370 e. The Kier molecular flexibility index (Phi) is 9.08. The van der Waals surface area contributed by atoms with Gasteiger partial charge in [-0.1, -0.05) is 42.5 Å². The van der Waals surface area contributed by atoms with Gasteiger partial charge in [0.1, 0.15) is 6.04 Å². The van der Waals surface area contributed by atoms with Gasteiger partial charge in [0, 0.05) is 30.0 Å². The highest BCUT2D eigenvalue weighted by molar-refractivity contribution is 5.98. The van der Waals surface area contributed by atoms with E-state index in [0.717, 1.165) is 48.3 Å². The molecule has 0 saturated carbocycles. The van der Waals surface area contributed by atoms with Crippen LogP contribution < -0.4 is 21.3 Å². The quantitative estimate of drug-likeness (QED) is 0.429. The van der Waals surface area contributed by atoms with Gasteiger partial charge in [-0.15, -0.1) is 12.4 Å². The molecule has 0 aliphatic carbocycles. The molecule has 1 heterocycles. The van der Waals surface area contributed by atoms with E-state index in [1.807, 2.05) is 83.8 Å². The molecule has 1 aliphatic rings. The fourth-order valence-electron chi connectivity index (χ4n) is 4.11. The number of piperidine rings is 1. The summed E-state index contributed by atoms with van der Waals surface area (Å²) >= 11 is 0. The second kappa shape index (κ2) is 12.2. The molecule has 0 aromatic heterocycles. The van der Waals surface area contributed by atoms with E-state index in [-0.39, 0.29) is 24.2 Å². The van der Waals surface area contributed by atoms with E-state index < -0.39 is 6.04 Å². The van der Waals surface area contributed by atoms with Crippen LogP contribution in [0.5, 0.6) is 0 Å². The highest BCUT2D eigenvalue weighted by atomic mass is 35.5. The first-order valence-electron chi connectivity index (χ1n) is 11.5. The van der Waals surface area contributed by atoms with Gasteiger partial charge in [0.25, 0.3) is 5.91 Å². The Balaban J connectivity index is 0.00000324. The van der Waals surface area contributed by atoms with Gasteiger partial charge in [0.15, 0.2) is 0 Å². The third kappa shape index (κ3) is 6.37. The zero-order valence-corrected chi connectivity index (χ0v) is 19.9. The Morgan fingerprint density at radius 2 is 1.71 bits per heavy atom. The normalized spacial score (nSPS) is 14.1. The Morgan fingerprint density at radius 3 is 2.41 bits per heavy atom. The van der Waals surface area contributed by atoms with Gasteiger partial charge in [0.05, 0.1) is 0 Å². The molecule has 1 atom stereocenters. The summed E-state index contributed by atoms with van der Waals surface area (Å²) in [5.41, 5.74) is 10.1. The van der Waals surface area contributed by atoms with E-state index in [1.54, 1.807) is 0 Å². The number of rotatable bonds is 8. The van der Waals surface area contributed by atoms with Crippen LogP contribution in [0.2, 0.25) is 0 Å². The number of nitrogens with two attached hydrogens (primary N) is 1. The fourth-order valence-corrected chi connectivity index (χ4v) is 4.11. The van der Waals surface area contributed by atoms with E-state index in [2.05, 4.69) is 10.6 Å². The lowest BCUT2D eigenvalue weighted by Crippen LogP contribution is -2.35. The zero-order valence-electron chi connectivity index (χ0n) is 19.1. The van der Waals surface area contributed by atoms with Gasteiger partial charge >= 0.3 is 0 Å². The van der Waals surface area contributed by atoms with Gasteiger partial charge in [-0.25, -0.2) is 0 Å². The summed E-state index contributed by atoms with van der Waals surface area (Å²) in [6, 6.07) is 24.5. The smallest absolute Gasteiger partial charge is 0.251 e. The number of hydrogen-bond acceptors (Lipinski definition) is 4. The molecule has 0 spiro atoms. The third-order valence-corrected chi connectivity index (χ3v) is 5.84. The predicted molar refractivity (Wildman–Crippen MR) is 141 cm³/mol. The molecule has 34 heavy (non-hydrogen) atoms. The summed E-state index contributed by atoms with van der Waals surface area (Å²) in [5, 5.41) is 6.39. The summed E-state index contributed by atoms with van der Waals surface area (Å²) in [7, 11) is 0. The average Bonchev–Trinajstić information content (AvgIpc) is 2.84. The monoisotopic (exact) mass is 478 g/mol. The molecule has 1 saturated heterocycles. The van der Waals surface area contributed by atoms with Crippen molar-refractivity contribution in [2.75, 3.05) is 28.6 Å². The molecule has 3 aromatic carbocycles. The highest BCUT2D eigenvalue weighted by Gasteiger charge is 2.22. The van der Waals surface area contributed by atoms with Crippen molar-refractivity contribution in [2.45, 2.75) is 31.7 Å². The standard InChI is InChI=1S/C27H30N4O2.ClH/c28-17-16-20-7-6-10-23(19-20)29-26(21-8-2-1-3-9-21)27(33)30-22-12-14-24(15-13-22)31-18-5-4-11-25(31)32;/h1-3,6-10,12-15,19,26,29H,4-5,11,16-18,28H2,(H,30,33);1H. The van der Waals surface area contributed by atoms with Crippen molar-refractivity contribution in [3.05, 3.63) is 90.0 Å². The zero-order chi connectivity index (χ0) is 23.0. The Morgan fingerprint density at radius 1 is 0.941 bits per heavy atom. The predicted octanol–water partition coefficient (Wildman–Crippen LogP) is 4.92. The Hall–Kier alpha value is -3.35. The van der Waals surface area contributed by atoms with Crippen LogP contribution in [0.15, 0.2) is 78.9 Å². The second-order valence-corrected chi connectivity index (χ2v) is 8.27. The number of hydrogen-bond donors (Lipinski definition) is 3. The van der Waals surface area contributed by atoms with Crippen LogP contribution in [0.25, 0.3) is 0 Å². The molecule has 4 N–H and O–H groups in total. The van der Waals surface area contributed by atoms with E-state index >= 15 is 0 Å². The van der Waals surface area contributed by atoms with Crippen LogP contribution in [0, 0.1) is 0 Å². The van der Waals surface area contributed by atoms with Crippen LogP contribution in [0.3, 0.4) is 0 Å². The number of carbonyl (C=O) groups excluding carboxylic acids is 2. The summed E-state index contributed by atoms with van der Waals surface area (Å²) in [4.78, 5) is 27.3. The first-order valence-corrected chi connectivity index (χ1v) is 11.5. The number of anilines is 3. The lowest BCUT2D eigenvalue weighted by Gasteiger charge is -2.27. The summed E-state index contributed by atoms with van der Waals surface area (Å²) < 4.78 is 0. The molecule has 3 aromatic rings. The minimum absolute atomic E-state index is 0. The molecule has 0 radical (unpaired) electrons. The van der Waals surface area contributed by atoms with Crippen molar-refractivity contribution < 1.29 is 9.59 Å². The van der Waals surface area contributed by atoms with Crippen molar-refractivity contribution in [3.63, 3.8) is 0 Å². The van der Waals surface area contributed by atoms with Crippen molar-refractivity contribution in [2.24, 2.45) is 5.73 Å². The van der Waals surface area contributed by atoms with Gasteiger partial charge < -0.3 is 21.3 Å². The first-order chi connectivity index (χ1) is 16.1. The number of carbonyl (C=O) groups is 2. The molecule has 178 valence electrons. The van der Waals surface area contributed by atoms with Crippen molar-refractivity contribution in [1.82, 2.24) is 0 Å². The van der Waals surface area contributed by atoms with Gasteiger partial charge in [-0.2, -0.15) is 0 Å². The van der Waals surface area contributed by atoms with Crippen molar-refractivity contribution in [1.29, 1.82) is 0 Å². The molecule has 1 fully saturated rings. The van der Waals surface area contributed by atoms with E-state index in [9.17, 15) is 9.59 Å². The molecule has 4 rings (SSSR count). The summed E-state index contributed by atoms with van der Waals surface area (Å²) in [6.07, 6.45) is 3.34. The number of nitrogens with one attached hydrogen (secondary N) is 2. The van der Waals surface area contributed by atoms with Gasteiger partial charge in [0.2, 0.25) is 5.91 Å².